The molecule has 1 amide bonds. The van der Waals surface area contributed by atoms with Gasteiger partial charge >= 0.3 is 5.97 Å². The minimum atomic E-state index is -4.01. The van der Waals surface area contributed by atoms with Crippen LogP contribution in [0.5, 0.6) is 0 Å². The van der Waals surface area contributed by atoms with Gasteiger partial charge < -0.3 is 10.1 Å². The lowest BCUT2D eigenvalue weighted by Gasteiger charge is -2.24. The molecule has 0 spiro atoms. The van der Waals surface area contributed by atoms with E-state index in [0.29, 0.717) is 16.3 Å². The second kappa shape index (κ2) is 10.4. The lowest BCUT2D eigenvalue weighted by molar-refractivity contribution is -0.114. The van der Waals surface area contributed by atoms with Gasteiger partial charge in [0, 0.05) is 8.45 Å². The summed E-state index contributed by atoms with van der Waals surface area (Å²) in [6, 6.07) is 14.9. The van der Waals surface area contributed by atoms with Crippen molar-refractivity contribution in [3.8, 4) is 0 Å². The number of nitrogens with zero attached hydrogens (tertiary/aromatic N) is 1. The molecule has 3 aromatic rings. The lowest BCUT2D eigenvalue weighted by Crippen LogP contribution is -2.38. The number of carbonyl (C=O) groups is 2. The normalized spacial score (nSPS) is 13.1. The van der Waals surface area contributed by atoms with Gasteiger partial charge in [-0.15, -0.1) is 11.3 Å². The number of halogens is 1. The third-order valence-electron chi connectivity index (χ3n) is 5.55. The second-order valence-electron chi connectivity index (χ2n) is 7.76. The molecule has 0 bridgehead atoms. The number of hydrogen-bond acceptors (Lipinski definition) is 6. The molecule has 1 aromatic heterocycles. The summed E-state index contributed by atoms with van der Waals surface area (Å²) in [5.74, 6) is -1.04. The third kappa shape index (κ3) is 5.13. The predicted molar refractivity (Wildman–Crippen MR) is 141 cm³/mol. The van der Waals surface area contributed by atoms with E-state index in [9.17, 15) is 18.0 Å². The fourth-order valence-electron chi connectivity index (χ4n) is 3.91. The SMILES string of the molecule is COC(=O)c1c(NC(=O)CN(c2ccc(I)cc2)S(=O)(=O)c2ccccc2)sc2c1CCCC2. The van der Waals surface area contributed by atoms with Gasteiger partial charge in [-0.25, -0.2) is 13.2 Å². The number of sulfonamides is 1. The van der Waals surface area contributed by atoms with Crippen LogP contribution in [0.25, 0.3) is 0 Å². The van der Waals surface area contributed by atoms with Gasteiger partial charge in [0.05, 0.1) is 23.3 Å². The van der Waals surface area contributed by atoms with E-state index in [1.807, 2.05) is 0 Å². The van der Waals surface area contributed by atoms with E-state index in [0.717, 1.165) is 44.0 Å². The van der Waals surface area contributed by atoms with Crippen LogP contribution in [-0.4, -0.2) is 33.9 Å². The first-order valence-electron chi connectivity index (χ1n) is 10.7. The molecule has 0 fully saturated rings. The van der Waals surface area contributed by atoms with Gasteiger partial charge in [0.25, 0.3) is 10.0 Å². The Labute approximate surface area is 216 Å². The standard InChI is InChI=1S/C24H23IN2O5S2/c1-32-24(29)22-19-9-5-6-10-20(19)33-23(22)26-21(28)15-27(17-13-11-16(25)12-14-17)34(30,31)18-7-3-2-4-8-18/h2-4,7-8,11-14H,5-6,9-10,15H2,1H3,(H,26,28). The average molecular weight is 610 g/mol. The molecule has 1 aliphatic rings. The van der Waals surface area contributed by atoms with Crippen molar-refractivity contribution >= 4 is 66.5 Å². The number of aryl methyl sites for hydroxylation is 1. The molecule has 0 saturated heterocycles. The number of thiophene rings is 1. The van der Waals surface area contributed by atoms with Crippen LogP contribution < -0.4 is 9.62 Å². The van der Waals surface area contributed by atoms with E-state index >= 15 is 0 Å². The zero-order valence-electron chi connectivity index (χ0n) is 18.4. The zero-order chi connectivity index (χ0) is 24.3. The number of nitrogens with one attached hydrogen (secondary N) is 1. The van der Waals surface area contributed by atoms with E-state index in [1.165, 1.54) is 30.6 Å². The molecule has 0 unspecified atom stereocenters. The Morgan fingerprint density at radius 2 is 1.74 bits per heavy atom. The monoisotopic (exact) mass is 610 g/mol. The summed E-state index contributed by atoms with van der Waals surface area (Å²) in [5, 5.41) is 3.20. The van der Waals surface area contributed by atoms with Crippen molar-refractivity contribution in [2.75, 3.05) is 23.3 Å². The fraction of sp³-hybridized carbons (Fsp3) is 0.250. The first kappa shape index (κ1) is 24.7. The van der Waals surface area contributed by atoms with Crippen molar-refractivity contribution < 1.29 is 22.7 Å². The highest BCUT2D eigenvalue weighted by Gasteiger charge is 2.30. The van der Waals surface area contributed by atoms with Gasteiger partial charge in [-0.1, -0.05) is 18.2 Å². The molecule has 0 radical (unpaired) electrons. The van der Waals surface area contributed by atoms with Gasteiger partial charge in [-0.05, 0) is 90.2 Å². The summed E-state index contributed by atoms with van der Waals surface area (Å²) < 4.78 is 33.9. The Morgan fingerprint density at radius 1 is 1.06 bits per heavy atom. The van der Waals surface area contributed by atoms with Crippen molar-refractivity contribution in [3.05, 3.63) is 74.2 Å². The average Bonchev–Trinajstić information content (AvgIpc) is 3.21. The van der Waals surface area contributed by atoms with Gasteiger partial charge in [0.15, 0.2) is 0 Å². The van der Waals surface area contributed by atoms with Crippen LogP contribution in [0, 0.1) is 3.57 Å². The number of anilines is 2. The highest BCUT2D eigenvalue weighted by Crippen LogP contribution is 2.38. The predicted octanol–water partition coefficient (Wildman–Crippen LogP) is 4.85. The van der Waals surface area contributed by atoms with E-state index < -0.39 is 28.4 Å². The van der Waals surface area contributed by atoms with Gasteiger partial charge in [-0.3, -0.25) is 9.10 Å². The molecule has 1 N–H and O–H groups in total. The Morgan fingerprint density at radius 3 is 2.41 bits per heavy atom. The summed E-state index contributed by atoms with van der Waals surface area (Å²) in [6.45, 7) is -0.443. The van der Waals surface area contributed by atoms with Crippen LogP contribution in [0.1, 0.15) is 33.6 Å². The maximum absolute atomic E-state index is 13.5. The Balaban J connectivity index is 1.67. The van der Waals surface area contributed by atoms with Gasteiger partial charge in [-0.2, -0.15) is 0 Å². The molecule has 1 aliphatic carbocycles. The smallest absolute Gasteiger partial charge is 0.341 e. The molecule has 0 atom stereocenters. The van der Waals surface area contributed by atoms with Crippen LogP contribution in [0.3, 0.4) is 0 Å². The molecule has 1 heterocycles. The maximum Gasteiger partial charge on any atom is 0.341 e. The van der Waals surface area contributed by atoms with Crippen molar-refractivity contribution in [2.45, 2.75) is 30.6 Å². The van der Waals surface area contributed by atoms with E-state index in [4.69, 9.17) is 4.74 Å². The van der Waals surface area contributed by atoms with E-state index in [1.54, 1.807) is 42.5 Å². The third-order valence-corrected chi connectivity index (χ3v) is 9.26. The number of carbonyl (C=O) groups excluding carboxylic acids is 2. The summed E-state index contributed by atoms with van der Waals surface area (Å²) in [4.78, 5) is 26.8. The van der Waals surface area contributed by atoms with Crippen molar-refractivity contribution in [3.63, 3.8) is 0 Å². The Bertz CT molecular complexity index is 1310. The first-order valence-corrected chi connectivity index (χ1v) is 14.0. The van der Waals surface area contributed by atoms with E-state index in [-0.39, 0.29) is 4.90 Å². The number of fused-ring (bicyclic) bond motifs is 1. The number of rotatable bonds is 7. The van der Waals surface area contributed by atoms with Crippen LogP contribution in [0.2, 0.25) is 0 Å². The molecule has 10 heteroatoms. The molecule has 4 rings (SSSR count). The number of hydrogen-bond donors (Lipinski definition) is 1. The topological polar surface area (TPSA) is 92.8 Å². The minimum absolute atomic E-state index is 0.0863. The van der Waals surface area contributed by atoms with Crippen LogP contribution >= 0.6 is 33.9 Å². The van der Waals surface area contributed by atoms with Crippen LogP contribution in [0.15, 0.2) is 59.5 Å². The molecule has 2 aromatic carbocycles. The molecule has 0 aliphatic heterocycles. The quantitative estimate of drug-likeness (QED) is 0.305. The molecule has 178 valence electrons. The Kier molecular flexibility index (Phi) is 7.58. The number of esters is 1. The Hall–Kier alpha value is -2.44. The summed E-state index contributed by atoms with van der Waals surface area (Å²) in [6.07, 6.45) is 3.59. The lowest BCUT2D eigenvalue weighted by atomic mass is 9.95. The molecule has 0 saturated carbocycles. The molecule has 34 heavy (non-hydrogen) atoms. The van der Waals surface area contributed by atoms with Crippen molar-refractivity contribution in [1.29, 1.82) is 0 Å². The van der Waals surface area contributed by atoms with E-state index in [2.05, 4.69) is 27.9 Å². The van der Waals surface area contributed by atoms with Crippen LogP contribution in [0.4, 0.5) is 10.7 Å². The number of amides is 1. The largest absolute Gasteiger partial charge is 0.465 e. The summed E-state index contributed by atoms with van der Waals surface area (Å²) in [5.41, 5.74) is 1.67. The highest BCUT2D eigenvalue weighted by molar-refractivity contribution is 14.1. The molecule has 7 nitrogen and oxygen atoms in total. The van der Waals surface area contributed by atoms with Gasteiger partial charge in [0.1, 0.15) is 11.5 Å². The van der Waals surface area contributed by atoms with Crippen LogP contribution in [-0.2, 0) is 32.4 Å². The minimum Gasteiger partial charge on any atom is -0.465 e. The fourth-order valence-corrected chi connectivity index (χ4v) is 7.01. The first-order chi connectivity index (χ1) is 16.3. The second-order valence-corrected chi connectivity index (χ2v) is 12.0. The maximum atomic E-state index is 13.5. The number of methoxy groups -OCH3 is 1. The number of benzene rings is 2. The summed E-state index contributed by atoms with van der Waals surface area (Å²) >= 11 is 3.50. The van der Waals surface area contributed by atoms with Crippen molar-refractivity contribution in [2.24, 2.45) is 0 Å². The van der Waals surface area contributed by atoms with Crippen molar-refractivity contribution in [1.82, 2.24) is 0 Å². The number of ether oxygens (including phenoxy) is 1. The molecular formula is C24H23IN2O5S2. The highest BCUT2D eigenvalue weighted by atomic mass is 127. The molecular weight excluding hydrogens is 587 g/mol. The van der Waals surface area contributed by atoms with Gasteiger partial charge in [0.2, 0.25) is 5.91 Å². The summed E-state index contributed by atoms with van der Waals surface area (Å²) in [7, 11) is -2.69. The zero-order valence-corrected chi connectivity index (χ0v) is 22.2.